The fourth-order valence-electron chi connectivity index (χ4n) is 1.09. The number of halogens is 4. The maximum Gasteiger partial charge on any atom is 0.445 e. The Kier molecular flexibility index (Phi) is 3.95. The lowest BCUT2D eigenvalue weighted by molar-refractivity contribution is -0.138. The van der Waals surface area contributed by atoms with E-state index in [1.54, 1.807) is 0 Å². The summed E-state index contributed by atoms with van der Waals surface area (Å²) in [6.45, 7) is 0. The van der Waals surface area contributed by atoms with E-state index in [0.717, 1.165) is 9.13 Å². The van der Waals surface area contributed by atoms with Crippen LogP contribution in [0.4, 0.5) is 18.3 Å². The van der Waals surface area contributed by atoms with Gasteiger partial charge in [-0.05, 0) is 28.7 Å². The summed E-state index contributed by atoms with van der Waals surface area (Å²) < 4.78 is 37.8. The van der Waals surface area contributed by atoms with E-state index in [-0.39, 0.29) is 5.13 Å². The number of rotatable bonds is 2. The van der Waals surface area contributed by atoms with Gasteiger partial charge in [-0.25, -0.2) is 4.99 Å². The number of alkyl halides is 3. The molecule has 94 valence electrons. The van der Waals surface area contributed by atoms with E-state index in [1.807, 2.05) is 24.3 Å². The van der Waals surface area contributed by atoms with E-state index >= 15 is 0 Å². The number of aromatic nitrogens is 2. The highest BCUT2D eigenvalue weighted by molar-refractivity contribution is 14.1. The van der Waals surface area contributed by atoms with E-state index in [9.17, 15) is 13.2 Å². The molecule has 0 saturated heterocycles. The maximum atomic E-state index is 12.3. The predicted molar refractivity (Wildman–Crippen MR) is 71.3 cm³/mol. The minimum Gasteiger partial charge on any atom is -0.226 e. The molecular formula is C10H5F3IN3S. The highest BCUT2D eigenvalue weighted by Crippen LogP contribution is 2.33. The summed E-state index contributed by atoms with van der Waals surface area (Å²) in [5, 5.41) is 5.43. The molecule has 2 aromatic rings. The van der Waals surface area contributed by atoms with Gasteiger partial charge in [0, 0.05) is 15.3 Å². The third kappa shape index (κ3) is 3.25. The molecule has 0 aliphatic rings. The molecule has 8 heteroatoms. The zero-order chi connectivity index (χ0) is 13.2. The van der Waals surface area contributed by atoms with Crippen LogP contribution >= 0.6 is 33.9 Å². The molecule has 0 amide bonds. The maximum absolute atomic E-state index is 12.3. The lowest BCUT2D eigenvalue weighted by Gasteiger charge is -1.97. The van der Waals surface area contributed by atoms with Gasteiger partial charge in [0.1, 0.15) is 0 Å². The van der Waals surface area contributed by atoms with Crippen LogP contribution in [0.5, 0.6) is 0 Å². The van der Waals surface area contributed by atoms with Crippen LogP contribution < -0.4 is 0 Å². The molecule has 0 saturated carbocycles. The fraction of sp³-hybridized carbons (Fsp3) is 0.100. The quantitative estimate of drug-likeness (QED) is 0.583. The minimum atomic E-state index is -4.47. The Morgan fingerprint density at radius 1 is 1.22 bits per heavy atom. The molecule has 0 fully saturated rings. The van der Waals surface area contributed by atoms with Crippen LogP contribution in [0.25, 0.3) is 0 Å². The van der Waals surface area contributed by atoms with E-state index in [1.165, 1.54) is 6.21 Å². The van der Waals surface area contributed by atoms with E-state index in [0.29, 0.717) is 11.3 Å². The Labute approximate surface area is 118 Å². The van der Waals surface area contributed by atoms with Crippen molar-refractivity contribution < 1.29 is 13.2 Å². The van der Waals surface area contributed by atoms with E-state index < -0.39 is 11.2 Å². The molecule has 1 aromatic heterocycles. The van der Waals surface area contributed by atoms with Gasteiger partial charge in [-0.2, -0.15) is 13.2 Å². The zero-order valence-electron chi connectivity index (χ0n) is 8.65. The average molecular weight is 383 g/mol. The first-order valence-corrected chi connectivity index (χ1v) is 6.55. The molecular weight excluding hydrogens is 378 g/mol. The van der Waals surface area contributed by atoms with Crippen LogP contribution in [0, 0.1) is 3.57 Å². The number of aliphatic imine (C=N–C) groups is 1. The van der Waals surface area contributed by atoms with Crippen molar-refractivity contribution >= 4 is 45.3 Å². The van der Waals surface area contributed by atoms with Crippen LogP contribution in [0.15, 0.2) is 29.3 Å². The molecule has 0 radical (unpaired) electrons. The Bertz CT molecular complexity index is 580. The van der Waals surface area contributed by atoms with Crippen molar-refractivity contribution in [1.82, 2.24) is 10.2 Å². The largest absolute Gasteiger partial charge is 0.445 e. The number of hydrogen-bond donors (Lipinski definition) is 0. The van der Waals surface area contributed by atoms with Gasteiger partial charge in [-0.3, -0.25) is 0 Å². The second-order valence-electron chi connectivity index (χ2n) is 3.17. The van der Waals surface area contributed by atoms with E-state index in [2.05, 4.69) is 37.8 Å². The molecule has 0 aliphatic heterocycles. The van der Waals surface area contributed by atoms with Crippen molar-refractivity contribution in [3.8, 4) is 0 Å². The number of hydrogen-bond acceptors (Lipinski definition) is 4. The van der Waals surface area contributed by atoms with Gasteiger partial charge in [0.15, 0.2) is 0 Å². The molecule has 18 heavy (non-hydrogen) atoms. The highest BCUT2D eigenvalue weighted by Gasteiger charge is 2.35. The number of nitrogens with zero attached hydrogens (tertiary/aromatic N) is 3. The predicted octanol–water partition coefficient (Wildman–Crippen LogP) is 3.91. The summed E-state index contributed by atoms with van der Waals surface area (Å²) >= 11 is 2.53. The molecule has 1 aromatic carbocycles. The minimum absolute atomic E-state index is 0.0121. The Balaban J connectivity index is 2.20. The molecule has 2 rings (SSSR count). The topological polar surface area (TPSA) is 38.1 Å². The summed E-state index contributed by atoms with van der Waals surface area (Å²) in [6, 6.07) is 7.39. The Morgan fingerprint density at radius 2 is 1.94 bits per heavy atom. The molecule has 0 N–H and O–H groups in total. The highest BCUT2D eigenvalue weighted by atomic mass is 127. The third-order valence-electron chi connectivity index (χ3n) is 1.88. The lowest BCUT2D eigenvalue weighted by Crippen LogP contribution is -2.03. The normalized spacial score (nSPS) is 12.2. The SMILES string of the molecule is FC(F)(F)c1nnc(N=Cc2ccccc2I)s1. The fourth-order valence-corrected chi connectivity index (χ4v) is 2.17. The van der Waals surface area contributed by atoms with Crippen LogP contribution in [-0.2, 0) is 6.18 Å². The first kappa shape index (κ1) is 13.4. The average Bonchev–Trinajstić information content (AvgIpc) is 2.76. The molecule has 0 aliphatic carbocycles. The Morgan fingerprint density at radius 3 is 2.56 bits per heavy atom. The summed E-state index contributed by atoms with van der Waals surface area (Å²) in [7, 11) is 0. The summed E-state index contributed by atoms with van der Waals surface area (Å²) in [5.41, 5.74) is 0.821. The first-order valence-electron chi connectivity index (χ1n) is 4.66. The molecule has 3 nitrogen and oxygen atoms in total. The molecule has 0 spiro atoms. The second-order valence-corrected chi connectivity index (χ2v) is 5.29. The van der Waals surface area contributed by atoms with Gasteiger partial charge in [0.2, 0.25) is 10.1 Å². The lowest BCUT2D eigenvalue weighted by atomic mass is 10.2. The van der Waals surface area contributed by atoms with Crippen LogP contribution in [0.2, 0.25) is 0 Å². The van der Waals surface area contributed by atoms with Gasteiger partial charge in [-0.1, -0.05) is 29.5 Å². The summed E-state index contributed by atoms with van der Waals surface area (Å²) in [6.07, 6.45) is -2.99. The summed E-state index contributed by atoms with van der Waals surface area (Å²) in [5.74, 6) is 0. The van der Waals surface area contributed by atoms with Crippen LogP contribution in [0.1, 0.15) is 10.6 Å². The van der Waals surface area contributed by atoms with Crippen molar-refractivity contribution in [3.63, 3.8) is 0 Å². The molecule has 0 bridgehead atoms. The smallest absolute Gasteiger partial charge is 0.226 e. The molecule has 1 heterocycles. The van der Waals surface area contributed by atoms with Gasteiger partial charge in [-0.15, -0.1) is 10.2 Å². The van der Waals surface area contributed by atoms with Crippen molar-refractivity contribution in [2.75, 3.05) is 0 Å². The summed E-state index contributed by atoms with van der Waals surface area (Å²) in [4.78, 5) is 3.89. The second kappa shape index (κ2) is 5.31. The molecule has 0 atom stereocenters. The van der Waals surface area contributed by atoms with Crippen molar-refractivity contribution in [1.29, 1.82) is 0 Å². The van der Waals surface area contributed by atoms with Gasteiger partial charge in [0.05, 0.1) is 0 Å². The van der Waals surface area contributed by atoms with Crippen molar-refractivity contribution in [3.05, 3.63) is 38.4 Å². The zero-order valence-corrected chi connectivity index (χ0v) is 11.6. The Hall–Kier alpha value is -1.03. The van der Waals surface area contributed by atoms with Gasteiger partial charge >= 0.3 is 6.18 Å². The van der Waals surface area contributed by atoms with Crippen LogP contribution in [-0.4, -0.2) is 16.4 Å². The van der Waals surface area contributed by atoms with Gasteiger partial charge < -0.3 is 0 Å². The molecule has 0 unspecified atom stereocenters. The standard InChI is InChI=1S/C10H5F3IN3S/c11-10(12,13)8-16-17-9(18-8)15-5-6-3-1-2-4-7(6)14/h1-5H. The first-order chi connectivity index (χ1) is 8.47. The van der Waals surface area contributed by atoms with E-state index in [4.69, 9.17) is 0 Å². The number of benzene rings is 1. The van der Waals surface area contributed by atoms with Crippen LogP contribution in [0.3, 0.4) is 0 Å². The van der Waals surface area contributed by atoms with Gasteiger partial charge in [0.25, 0.3) is 0 Å². The van der Waals surface area contributed by atoms with Crippen molar-refractivity contribution in [2.24, 2.45) is 4.99 Å². The third-order valence-corrected chi connectivity index (χ3v) is 3.73. The monoisotopic (exact) mass is 383 g/mol. The van der Waals surface area contributed by atoms with Crippen molar-refractivity contribution in [2.45, 2.75) is 6.18 Å².